The Hall–Kier alpha value is -2.78. The van der Waals surface area contributed by atoms with Crippen molar-refractivity contribution in [3.05, 3.63) is 41.9 Å². The molecular formula is C22H28N6O5S3. The Morgan fingerprint density at radius 3 is 2.39 bits per heavy atom. The lowest BCUT2D eigenvalue weighted by atomic mass is 10.2. The molecule has 1 aliphatic rings. The first-order valence-corrected chi connectivity index (χ1v) is 15.4. The number of aromatic nitrogens is 2. The van der Waals surface area contributed by atoms with E-state index in [1.807, 2.05) is 36.3 Å². The van der Waals surface area contributed by atoms with Crippen LogP contribution < -0.4 is 20.1 Å². The number of nitrogens with zero attached hydrogens (tertiary/aromatic N) is 4. The van der Waals surface area contributed by atoms with E-state index in [-0.39, 0.29) is 11.0 Å². The summed E-state index contributed by atoms with van der Waals surface area (Å²) in [6, 6.07) is 8.20. The molecule has 0 amide bonds. The van der Waals surface area contributed by atoms with Gasteiger partial charge in [-0.25, -0.2) is 31.9 Å². The number of pyridine rings is 1. The normalized spacial score (nSPS) is 15.3. The Morgan fingerprint density at radius 1 is 1.08 bits per heavy atom. The zero-order valence-electron chi connectivity index (χ0n) is 20.1. The van der Waals surface area contributed by atoms with Gasteiger partial charge in [0.2, 0.25) is 20.0 Å². The maximum atomic E-state index is 11.8. The van der Waals surface area contributed by atoms with E-state index in [0.717, 1.165) is 11.4 Å². The van der Waals surface area contributed by atoms with Crippen LogP contribution in [-0.2, 0) is 20.0 Å². The molecule has 4 rings (SSSR count). The van der Waals surface area contributed by atoms with Gasteiger partial charge in [-0.15, -0.1) is 11.3 Å². The fourth-order valence-corrected chi connectivity index (χ4v) is 5.79. The molecule has 11 nitrogen and oxygen atoms in total. The molecule has 3 heterocycles. The second kappa shape index (κ2) is 10.3. The first kappa shape index (κ1) is 26.3. The van der Waals surface area contributed by atoms with Crippen LogP contribution in [0.1, 0.15) is 13.8 Å². The van der Waals surface area contributed by atoms with E-state index in [2.05, 4.69) is 15.3 Å². The number of benzene rings is 1. The summed E-state index contributed by atoms with van der Waals surface area (Å²) in [5, 5.41) is 10.9. The summed E-state index contributed by atoms with van der Waals surface area (Å²) >= 11 is 1.36. The van der Waals surface area contributed by atoms with Gasteiger partial charge in [0, 0.05) is 43.3 Å². The smallest absolute Gasteiger partial charge is 0.238 e. The van der Waals surface area contributed by atoms with Gasteiger partial charge in [0.15, 0.2) is 5.13 Å². The molecule has 0 spiro atoms. The maximum Gasteiger partial charge on any atom is 0.238 e. The number of thiazole rings is 1. The number of rotatable bonds is 8. The molecule has 2 aromatic heterocycles. The molecule has 14 heteroatoms. The second-order valence-corrected chi connectivity index (χ2v) is 13.0. The first-order valence-electron chi connectivity index (χ1n) is 11.1. The quantitative estimate of drug-likeness (QED) is 0.430. The van der Waals surface area contributed by atoms with Crippen molar-refractivity contribution in [3.8, 4) is 17.0 Å². The van der Waals surface area contributed by atoms with Crippen LogP contribution >= 0.6 is 11.3 Å². The van der Waals surface area contributed by atoms with Crippen LogP contribution in [0.5, 0.6) is 5.75 Å². The monoisotopic (exact) mass is 552 g/mol. The lowest BCUT2D eigenvalue weighted by Gasteiger charge is -2.33. The lowest BCUT2D eigenvalue weighted by Crippen LogP contribution is -2.48. The SMILES string of the molecule is CC(C)Oc1ccc(S(N)(=O)=O)cc1Nc1nc(-c2ccc(N3CCN(S(C)(=O)=O)CC3)nc2)cs1. The Bertz CT molecular complexity index is 1430. The average molecular weight is 553 g/mol. The van der Waals surface area contributed by atoms with Gasteiger partial charge in [0.25, 0.3) is 0 Å². The number of primary sulfonamides is 1. The maximum absolute atomic E-state index is 11.8. The molecule has 0 unspecified atom stereocenters. The zero-order chi connectivity index (χ0) is 26.1. The Labute approximate surface area is 215 Å². The van der Waals surface area contributed by atoms with E-state index in [0.29, 0.717) is 48.4 Å². The average Bonchev–Trinajstić information content (AvgIpc) is 3.27. The van der Waals surface area contributed by atoms with Crippen LogP contribution in [-0.4, -0.2) is 69.6 Å². The molecule has 0 aliphatic carbocycles. The van der Waals surface area contributed by atoms with Crippen LogP contribution in [0.2, 0.25) is 0 Å². The van der Waals surface area contributed by atoms with Crippen molar-refractivity contribution >= 4 is 48.0 Å². The van der Waals surface area contributed by atoms with Crippen molar-refractivity contribution in [3.63, 3.8) is 0 Å². The predicted octanol–water partition coefficient (Wildman–Crippen LogP) is 2.46. The van der Waals surface area contributed by atoms with E-state index in [1.54, 1.807) is 12.3 Å². The summed E-state index contributed by atoms with van der Waals surface area (Å²) in [6.45, 7) is 5.75. The minimum Gasteiger partial charge on any atom is -0.489 e. The molecule has 36 heavy (non-hydrogen) atoms. The highest BCUT2D eigenvalue weighted by atomic mass is 32.2. The standard InChI is InChI=1S/C22H28N6O5S3/c1-15(2)33-20-6-5-17(36(23,31)32)12-18(20)25-22-26-19(14-34-22)16-4-7-21(24-13-16)27-8-10-28(11-9-27)35(3,29)30/h4-7,12-15H,8-11H2,1-3H3,(H,25,26)(H2,23,31,32). The highest BCUT2D eigenvalue weighted by Gasteiger charge is 2.24. The van der Waals surface area contributed by atoms with Gasteiger partial charge in [-0.2, -0.15) is 4.31 Å². The van der Waals surface area contributed by atoms with Gasteiger partial charge in [-0.3, -0.25) is 0 Å². The molecule has 1 aromatic carbocycles. The second-order valence-electron chi connectivity index (χ2n) is 8.59. The highest BCUT2D eigenvalue weighted by molar-refractivity contribution is 7.89. The van der Waals surface area contributed by atoms with Crippen LogP contribution in [0, 0.1) is 0 Å². The van der Waals surface area contributed by atoms with Crippen LogP contribution in [0.4, 0.5) is 16.6 Å². The minimum absolute atomic E-state index is 0.0324. The zero-order valence-corrected chi connectivity index (χ0v) is 22.5. The van der Waals surface area contributed by atoms with Crippen LogP contribution in [0.15, 0.2) is 46.8 Å². The topological polar surface area (TPSA) is 148 Å². The third-order valence-corrected chi connectivity index (χ3v) is 8.44. The van der Waals surface area contributed by atoms with Crippen molar-refractivity contribution < 1.29 is 21.6 Å². The summed E-state index contributed by atoms with van der Waals surface area (Å²) in [7, 11) is -7.07. The Kier molecular flexibility index (Phi) is 7.52. The van der Waals surface area contributed by atoms with Crippen LogP contribution in [0.25, 0.3) is 11.3 Å². The van der Waals surface area contributed by atoms with Crippen molar-refractivity contribution in [1.82, 2.24) is 14.3 Å². The third kappa shape index (κ3) is 6.31. The number of nitrogens with two attached hydrogens (primary N) is 1. The first-order chi connectivity index (χ1) is 16.9. The number of hydrogen-bond acceptors (Lipinski definition) is 10. The van der Waals surface area contributed by atoms with E-state index < -0.39 is 20.0 Å². The van der Waals surface area contributed by atoms with Crippen molar-refractivity contribution in [2.75, 3.05) is 42.7 Å². The van der Waals surface area contributed by atoms with Gasteiger partial charge in [0.05, 0.1) is 28.6 Å². The molecule has 194 valence electrons. The third-order valence-electron chi connectivity index (χ3n) is 5.46. The van der Waals surface area contributed by atoms with Crippen molar-refractivity contribution in [2.24, 2.45) is 5.14 Å². The highest BCUT2D eigenvalue weighted by Crippen LogP contribution is 2.34. The number of sulfonamides is 2. The molecule has 0 radical (unpaired) electrons. The van der Waals surface area contributed by atoms with E-state index in [4.69, 9.17) is 9.88 Å². The molecule has 3 aromatic rings. The summed E-state index contributed by atoms with van der Waals surface area (Å²) < 4.78 is 54.3. The number of nitrogens with one attached hydrogen (secondary N) is 1. The van der Waals surface area contributed by atoms with Crippen LogP contribution in [0.3, 0.4) is 0 Å². The number of ether oxygens (including phenoxy) is 1. The molecule has 0 bridgehead atoms. The van der Waals surface area contributed by atoms with Gasteiger partial charge in [0.1, 0.15) is 11.6 Å². The number of piperazine rings is 1. The molecule has 3 N–H and O–H groups in total. The van der Waals surface area contributed by atoms with Gasteiger partial charge >= 0.3 is 0 Å². The summed E-state index contributed by atoms with van der Waals surface area (Å²) in [6.07, 6.45) is 2.84. The summed E-state index contributed by atoms with van der Waals surface area (Å²) in [5.74, 6) is 1.26. The molecular weight excluding hydrogens is 524 g/mol. The number of hydrogen-bond donors (Lipinski definition) is 2. The molecule has 0 atom stereocenters. The van der Waals surface area contributed by atoms with E-state index >= 15 is 0 Å². The minimum atomic E-state index is -3.88. The van der Waals surface area contributed by atoms with E-state index in [9.17, 15) is 16.8 Å². The Morgan fingerprint density at radius 2 is 1.81 bits per heavy atom. The Balaban J connectivity index is 1.49. The lowest BCUT2D eigenvalue weighted by molar-refractivity contribution is 0.243. The van der Waals surface area contributed by atoms with Gasteiger partial charge < -0.3 is 15.0 Å². The summed E-state index contributed by atoms with van der Waals surface area (Å²) in [4.78, 5) is 11.2. The number of anilines is 3. The summed E-state index contributed by atoms with van der Waals surface area (Å²) in [5.41, 5.74) is 1.96. The molecule has 1 fully saturated rings. The largest absolute Gasteiger partial charge is 0.489 e. The van der Waals surface area contributed by atoms with Gasteiger partial charge in [-0.1, -0.05) is 0 Å². The fraction of sp³-hybridized carbons (Fsp3) is 0.364. The van der Waals surface area contributed by atoms with Gasteiger partial charge in [-0.05, 0) is 44.2 Å². The van der Waals surface area contributed by atoms with Crippen molar-refractivity contribution in [2.45, 2.75) is 24.8 Å². The molecule has 0 saturated carbocycles. The molecule has 1 aliphatic heterocycles. The van der Waals surface area contributed by atoms with Crippen molar-refractivity contribution in [1.29, 1.82) is 0 Å². The fourth-order valence-electron chi connectivity index (χ4n) is 3.69. The molecule has 1 saturated heterocycles. The predicted molar refractivity (Wildman–Crippen MR) is 141 cm³/mol. The van der Waals surface area contributed by atoms with E-state index in [1.165, 1.54) is 34.0 Å².